The van der Waals surface area contributed by atoms with E-state index in [2.05, 4.69) is 68.4 Å². The van der Waals surface area contributed by atoms with Crippen LogP contribution in [0.25, 0.3) is 32.6 Å². The van der Waals surface area contributed by atoms with E-state index < -0.39 is 0 Å². The first-order valence-corrected chi connectivity index (χ1v) is 6.92. The second kappa shape index (κ2) is 4.04. The monoisotopic (exact) mass is 257 g/mol. The first-order valence-electron chi connectivity index (χ1n) is 6.92. The van der Waals surface area contributed by atoms with E-state index in [4.69, 9.17) is 4.98 Å². The second-order valence-electron chi connectivity index (χ2n) is 5.44. The predicted molar refractivity (Wildman–Crippen MR) is 86.2 cm³/mol. The highest BCUT2D eigenvalue weighted by atomic mass is 14.7. The van der Waals surface area contributed by atoms with Crippen molar-refractivity contribution >= 4 is 32.6 Å². The van der Waals surface area contributed by atoms with Gasteiger partial charge in [0, 0.05) is 10.8 Å². The van der Waals surface area contributed by atoms with E-state index in [-0.39, 0.29) is 0 Å². The fourth-order valence-electron chi connectivity index (χ4n) is 3.06. The molecular weight excluding hydrogens is 242 g/mol. The van der Waals surface area contributed by atoms with Gasteiger partial charge in [-0.3, -0.25) is 0 Å². The molecule has 0 amide bonds. The van der Waals surface area contributed by atoms with Gasteiger partial charge in [-0.05, 0) is 48.4 Å². The van der Waals surface area contributed by atoms with Crippen LogP contribution >= 0.6 is 0 Å². The summed E-state index contributed by atoms with van der Waals surface area (Å²) in [5.74, 6) is 0. The van der Waals surface area contributed by atoms with Gasteiger partial charge in [0.2, 0.25) is 0 Å². The summed E-state index contributed by atoms with van der Waals surface area (Å²) in [5, 5.41) is 5.10. The first-order chi connectivity index (χ1) is 9.74. The normalized spacial score (nSPS) is 11.5. The lowest BCUT2D eigenvalue weighted by Gasteiger charge is -2.10. The summed E-state index contributed by atoms with van der Waals surface area (Å²) in [7, 11) is 0. The Bertz CT molecular complexity index is 967. The molecule has 0 radical (unpaired) electrons. The maximum absolute atomic E-state index is 4.83. The van der Waals surface area contributed by atoms with Crippen molar-refractivity contribution in [3.8, 4) is 0 Å². The van der Waals surface area contributed by atoms with Crippen molar-refractivity contribution in [1.29, 1.82) is 0 Å². The standard InChI is InChI=1S/C19H15N/c1-12-7-9-17-16(11-12)13(2)19-15-6-4-3-5-14(15)8-10-18(19)20-17/h3-11H,1-2H3. The summed E-state index contributed by atoms with van der Waals surface area (Å²) in [6.07, 6.45) is 0. The van der Waals surface area contributed by atoms with Crippen LogP contribution in [0, 0.1) is 13.8 Å². The molecule has 3 aromatic carbocycles. The minimum Gasteiger partial charge on any atom is -0.248 e. The fraction of sp³-hybridized carbons (Fsp3) is 0.105. The topological polar surface area (TPSA) is 12.9 Å². The molecule has 0 unspecified atom stereocenters. The molecule has 0 spiro atoms. The zero-order chi connectivity index (χ0) is 13.7. The Hall–Kier alpha value is -2.41. The molecule has 1 nitrogen and oxygen atoms in total. The molecule has 0 saturated heterocycles. The van der Waals surface area contributed by atoms with Gasteiger partial charge in [0.25, 0.3) is 0 Å². The van der Waals surface area contributed by atoms with Crippen molar-refractivity contribution in [2.45, 2.75) is 13.8 Å². The molecule has 0 fully saturated rings. The molecule has 0 saturated carbocycles. The van der Waals surface area contributed by atoms with Crippen LogP contribution in [0.2, 0.25) is 0 Å². The Balaban J connectivity index is 2.30. The Morgan fingerprint density at radius 3 is 2.45 bits per heavy atom. The number of pyridine rings is 1. The Labute approximate surface area is 117 Å². The summed E-state index contributed by atoms with van der Waals surface area (Å²) in [4.78, 5) is 4.83. The Morgan fingerprint density at radius 1 is 0.750 bits per heavy atom. The molecule has 20 heavy (non-hydrogen) atoms. The third-order valence-electron chi connectivity index (χ3n) is 4.08. The summed E-state index contributed by atoms with van der Waals surface area (Å²) in [6, 6.07) is 19.3. The maximum Gasteiger partial charge on any atom is 0.0718 e. The molecule has 0 atom stereocenters. The number of hydrogen-bond acceptors (Lipinski definition) is 1. The van der Waals surface area contributed by atoms with E-state index in [1.165, 1.54) is 32.7 Å². The Morgan fingerprint density at radius 2 is 1.55 bits per heavy atom. The number of aryl methyl sites for hydroxylation is 2. The highest BCUT2D eigenvalue weighted by Crippen LogP contribution is 2.31. The van der Waals surface area contributed by atoms with Gasteiger partial charge in [-0.1, -0.05) is 42.0 Å². The molecule has 96 valence electrons. The summed E-state index contributed by atoms with van der Waals surface area (Å²) < 4.78 is 0. The van der Waals surface area contributed by atoms with Gasteiger partial charge in [0.05, 0.1) is 11.0 Å². The van der Waals surface area contributed by atoms with Crippen LogP contribution in [0.15, 0.2) is 54.6 Å². The minimum absolute atomic E-state index is 1.08. The van der Waals surface area contributed by atoms with Gasteiger partial charge < -0.3 is 0 Å². The molecular formula is C19H15N. The van der Waals surface area contributed by atoms with Gasteiger partial charge in [0.15, 0.2) is 0 Å². The van der Waals surface area contributed by atoms with Gasteiger partial charge in [-0.15, -0.1) is 0 Å². The molecule has 0 N–H and O–H groups in total. The van der Waals surface area contributed by atoms with Crippen molar-refractivity contribution in [3.63, 3.8) is 0 Å². The second-order valence-corrected chi connectivity index (χ2v) is 5.44. The lowest BCUT2D eigenvalue weighted by molar-refractivity contribution is 1.43. The average molecular weight is 257 g/mol. The third kappa shape index (κ3) is 1.53. The molecule has 1 heteroatoms. The Kier molecular flexibility index (Phi) is 2.31. The van der Waals surface area contributed by atoms with Crippen LogP contribution in [0.1, 0.15) is 11.1 Å². The van der Waals surface area contributed by atoms with Crippen molar-refractivity contribution in [2.24, 2.45) is 0 Å². The fourth-order valence-corrected chi connectivity index (χ4v) is 3.06. The van der Waals surface area contributed by atoms with E-state index in [1.54, 1.807) is 0 Å². The lowest BCUT2D eigenvalue weighted by Crippen LogP contribution is -1.89. The number of fused-ring (bicyclic) bond motifs is 4. The largest absolute Gasteiger partial charge is 0.248 e. The molecule has 1 aromatic heterocycles. The summed E-state index contributed by atoms with van der Waals surface area (Å²) in [5.41, 5.74) is 4.76. The van der Waals surface area contributed by atoms with E-state index in [0.717, 1.165) is 11.0 Å². The number of benzene rings is 3. The third-order valence-corrected chi connectivity index (χ3v) is 4.08. The average Bonchev–Trinajstić information content (AvgIpc) is 2.48. The molecule has 0 bridgehead atoms. The summed E-state index contributed by atoms with van der Waals surface area (Å²) in [6.45, 7) is 4.34. The number of rotatable bonds is 0. The number of aromatic nitrogens is 1. The van der Waals surface area contributed by atoms with E-state index in [1.807, 2.05) is 0 Å². The maximum atomic E-state index is 4.83. The molecule has 0 aliphatic carbocycles. The molecule has 0 aliphatic rings. The van der Waals surface area contributed by atoms with Crippen molar-refractivity contribution in [3.05, 3.63) is 65.7 Å². The zero-order valence-corrected chi connectivity index (χ0v) is 11.6. The number of hydrogen-bond donors (Lipinski definition) is 0. The summed E-state index contributed by atoms with van der Waals surface area (Å²) >= 11 is 0. The van der Waals surface area contributed by atoms with Crippen LogP contribution in [0.5, 0.6) is 0 Å². The van der Waals surface area contributed by atoms with Crippen LogP contribution in [-0.4, -0.2) is 4.98 Å². The van der Waals surface area contributed by atoms with E-state index in [9.17, 15) is 0 Å². The van der Waals surface area contributed by atoms with Crippen LogP contribution < -0.4 is 0 Å². The van der Waals surface area contributed by atoms with Gasteiger partial charge in [-0.25, -0.2) is 4.98 Å². The van der Waals surface area contributed by atoms with Gasteiger partial charge in [-0.2, -0.15) is 0 Å². The molecule has 4 aromatic rings. The van der Waals surface area contributed by atoms with Crippen LogP contribution in [0.4, 0.5) is 0 Å². The minimum atomic E-state index is 1.08. The lowest BCUT2D eigenvalue weighted by atomic mass is 9.97. The zero-order valence-electron chi connectivity index (χ0n) is 11.6. The highest BCUT2D eigenvalue weighted by Gasteiger charge is 2.08. The highest BCUT2D eigenvalue weighted by molar-refractivity contribution is 6.12. The van der Waals surface area contributed by atoms with Crippen molar-refractivity contribution < 1.29 is 0 Å². The van der Waals surface area contributed by atoms with Gasteiger partial charge in [0.1, 0.15) is 0 Å². The molecule has 1 heterocycles. The van der Waals surface area contributed by atoms with Gasteiger partial charge >= 0.3 is 0 Å². The predicted octanol–water partition coefficient (Wildman–Crippen LogP) is 5.16. The van der Waals surface area contributed by atoms with E-state index in [0.29, 0.717) is 0 Å². The van der Waals surface area contributed by atoms with Crippen LogP contribution in [0.3, 0.4) is 0 Å². The van der Waals surface area contributed by atoms with Crippen LogP contribution in [-0.2, 0) is 0 Å². The van der Waals surface area contributed by atoms with Crippen molar-refractivity contribution in [1.82, 2.24) is 4.98 Å². The first kappa shape index (κ1) is 11.4. The van der Waals surface area contributed by atoms with E-state index >= 15 is 0 Å². The van der Waals surface area contributed by atoms with Crippen molar-refractivity contribution in [2.75, 3.05) is 0 Å². The molecule has 4 rings (SSSR count). The molecule has 0 aliphatic heterocycles. The number of nitrogens with zero attached hydrogens (tertiary/aromatic N) is 1. The quantitative estimate of drug-likeness (QED) is 0.313. The SMILES string of the molecule is Cc1ccc2nc3ccc4ccccc4c3c(C)c2c1. The smallest absolute Gasteiger partial charge is 0.0718 e.